The van der Waals surface area contributed by atoms with Crippen molar-refractivity contribution in [1.82, 2.24) is 9.80 Å². The van der Waals surface area contributed by atoms with Crippen LogP contribution in [0, 0.1) is 17.2 Å². The summed E-state index contributed by atoms with van der Waals surface area (Å²) in [4.78, 5) is 20.2. The molecule has 3 aliphatic rings. The minimum atomic E-state index is 0.164. The Morgan fingerprint density at radius 1 is 1.04 bits per heavy atom. The van der Waals surface area contributed by atoms with E-state index in [0.29, 0.717) is 17.5 Å². The number of amides is 1. The van der Waals surface area contributed by atoms with E-state index in [-0.39, 0.29) is 5.92 Å². The summed E-state index contributed by atoms with van der Waals surface area (Å²) in [6, 6.07) is 11.1. The molecule has 1 aliphatic carbocycles. The lowest BCUT2D eigenvalue weighted by molar-refractivity contribution is -0.141. The van der Waals surface area contributed by atoms with Gasteiger partial charge in [-0.2, -0.15) is 5.26 Å². The van der Waals surface area contributed by atoms with E-state index in [4.69, 9.17) is 5.26 Å². The van der Waals surface area contributed by atoms with Crippen LogP contribution in [0.2, 0.25) is 0 Å². The van der Waals surface area contributed by atoms with E-state index in [1.54, 1.807) is 0 Å². The Hall–Kier alpha value is -2.06. The van der Waals surface area contributed by atoms with Crippen LogP contribution in [0.3, 0.4) is 0 Å². The van der Waals surface area contributed by atoms with Crippen LogP contribution in [0.25, 0.3) is 0 Å². The average molecular weight is 367 g/mol. The van der Waals surface area contributed by atoms with Gasteiger partial charge >= 0.3 is 0 Å². The number of carbonyl (C=O) groups is 1. The van der Waals surface area contributed by atoms with Crippen LogP contribution in [-0.4, -0.2) is 60.5 Å². The molecule has 2 heterocycles. The van der Waals surface area contributed by atoms with Crippen molar-refractivity contribution in [2.75, 3.05) is 37.6 Å². The van der Waals surface area contributed by atoms with Gasteiger partial charge in [-0.1, -0.05) is 6.42 Å². The predicted molar refractivity (Wildman–Crippen MR) is 106 cm³/mol. The van der Waals surface area contributed by atoms with E-state index in [1.165, 1.54) is 19.3 Å². The van der Waals surface area contributed by atoms with Crippen molar-refractivity contribution < 1.29 is 4.79 Å². The van der Waals surface area contributed by atoms with Gasteiger partial charge in [-0.15, -0.1) is 0 Å². The third-order valence-corrected chi connectivity index (χ3v) is 6.74. The van der Waals surface area contributed by atoms with Gasteiger partial charge in [0, 0.05) is 56.4 Å². The van der Waals surface area contributed by atoms with E-state index >= 15 is 0 Å². The SMILES string of the molecule is C[C@H]1CN(C2CCC2)CCN1C(=O)C1CCN(c2ccc(C#N)cc2)CC1. The molecule has 3 fully saturated rings. The second-order valence-electron chi connectivity index (χ2n) is 8.38. The fourth-order valence-corrected chi connectivity index (χ4v) is 4.76. The van der Waals surface area contributed by atoms with Gasteiger partial charge in [-0.3, -0.25) is 9.69 Å². The van der Waals surface area contributed by atoms with Crippen LogP contribution in [0.1, 0.15) is 44.6 Å². The molecule has 2 saturated heterocycles. The number of carbonyl (C=O) groups excluding carboxylic acids is 1. The Morgan fingerprint density at radius 2 is 1.74 bits per heavy atom. The summed E-state index contributed by atoms with van der Waals surface area (Å²) in [5.74, 6) is 0.535. The summed E-state index contributed by atoms with van der Waals surface area (Å²) in [5.41, 5.74) is 1.85. The molecule has 0 radical (unpaired) electrons. The van der Waals surface area contributed by atoms with Crippen molar-refractivity contribution in [2.45, 2.75) is 51.1 Å². The molecule has 0 aromatic heterocycles. The molecule has 1 atom stereocenters. The number of nitrogens with zero attached hydrogens (tertiary/aromatic N) is 4. The molecule has 5 nitrogen and oxygen atoms in total. The van der Waals surface area contributed by atoms with Crippen molar-refractivity contribution in [3.63, 3.8) is 0 Å². The molecule has 0 bridgehead atoms. The number of benzene rings is 1. The number of anilines is 1. The van der Waals surface area contributed by atoms with Gasteiger partial charge in [0.25, 0.3) is 0 Å². The molecular formula is C22H30N4O. The standard InChI is InChI=1S/C22H30N4O/c1-17-16-25(20-3-2-4-20)13-14-26(17)22(27)19-9-11-24(12-10-19)21-7-5-18(15-23)6-8-21/h5-8,17,19-20H,2-4,9-14,16H2,1H3/t17-/m0/s1. The largest absolute Gasteiger partial charge is 0.371 e. The highest BCUT2D eigenvalue weighted by molar-refractivity contribution is 5.79. The second kappa shape index (κ2) is 7.90. The lowest BCUT2D eigenvalue weighted by Gasteiger charge is -2.47. The molecule has 1 amide bonds. The number of piperidine rings is 1. The van der Waals surface area contributed by atoms with Crippen LogP contribution < -0.4 is 4.90 Å². The fourth-order valence-electron chi connectivity index (χ4n) is 4.76. The molecule has 5 heteroatoms. The normalized spacial score (nSPS) is 25.1. The van der Waals surface area contributed by atoms with Crippen molar-refractivity contribution >= 4 is 11.6 Å². The third kappa shape index (κ3) is 3.82. The van der Waals surface area contributed by atoms with Crippen LogP contribution >= 0.6 is 0 Å². The van der Waals surface area contributed by atoms with Crippen molar-refractivity contribution in [1.29, 1.82) is 5.26 Å². The van der Waals surface area contributed by atoms with E-state index in [0.717, 1.165) is 57.3 Å². The lowest BCUT2D eigenvalue weighted by atomic mass is 9.90. The number of rotatable bonds is 3. The van der Waals surface area contributed by atoms with Gasteiger partial charge in [0.15, 0.2) is 0 Å². The number of piperazine rings is 1. The molecule has 1 aromatic rings. The Bertz CT molecular complexity index is 698. The first-order chi connectivity index (χ1) is 13.2. The zero-order valence-electron chi connectivity index (χ0n) is 16.3. The van der Waals surface area contributed by atoms with E-state index in [9.17, 15) is 4.79 Å². The van der Waals surface area contributed by atoms with Crippen LogP contribution in [0.4, 0.5) is 5.69 Å². The molecule has 144 valence electrons. The molecule has 0 spiro atoms. The van der Waals surface area contributed by atoms with E-state index < -0.39 is 0 Å². The quantitative estimate of drug-likeness (QED) is 0.825. The number of hydrogen-bond acceptors (Lipinski definition) is 4. The molecule has 1 saturated carbocycles. The van der Waals surface area contributed by atoms with Crippen LogP contribution in [0.15, 0.2) is 24.3 Å². The van der Waals surface area contributed by atoms with Gasteiger partial charge in [0.2, 0.25) is 5.91 Å². The molecule has 0 N–H and O–H groups in total. The summed E-state index contributed by atoms with van der Waals surface area (Å²) >= 11 is 0. The highest BCUT2D eigenvalue weighted by atomic mass is 16.2. The summed E-state index contributed by atoms with van der Waals surface area (Å²) in [7, 11) is 0. The molecular weight excluding hydrogens is 336 g/mol. The zero-order chi connectivity index (χ0) is 18.8. The number of hydrogen-bond donors (Lipinski definition) is 0. The summed E-state index contributed by atoms with van der Waals surface area (Å²) in [6.07, 6.45) is 5.90. The Balaban J connectivity index is 1.30. The van der Waals surface area contributed by atoms with Gasteiger partial charge in [0.1, 0.15) is 0 Å². The maximum absolute atomic E-state index is 13.1. The summed E-state index contributed by atoms with van der Waals surface area (Å²) < 4.78 is 0. The van der Waals surface area contributed by atoms with Crippen molar-refractivity contribution in [3.05, 3.63) is 29.8 Å². The molecule has 4 rings (SSSR count). The first-order valence-corrected chi connectivity index (χ1v) is 10.5. The van der Waals surface area contributed by atoms with E-state index in [1.807, 2.05) is 24.3 Å². The monoisotopic (exact) mass is 366 g/mol. The Morgan fingerprint density at radius 3 is 2.30 bits per heavy atom. The first-order valence-electron chi connectivity index (χ1n) is 10.5. The van der Waals surface area contributed by atoms with Crippen LogP contribution in [-0.2, 0) is 4.79 Å². The Kier molecular flexibility index (Phi) is 5.36. The predicted octanol–water partition coefficient (Wildman–Crippen LogP) is 2.86. The van der Waals surface area contributed by atoms with Gasteiger partial charge in [-0.05, 0) is 56.9 Å². The highest BCUT2D eigenvalue weighted by Crippen LogP contribution is 2.29. The first kappa shape index (κ1) is 18.3. The van der Waals surface area contributed by atoms with Crippen LogP contribution in [0.5, 0.6) is 0 Å². The topological polar surface area (TPSA) is 50.6 Å². The molecule has 1 aromatic carbocycles. The zero-order valence-corrected chi connectivity index (χ0v) is 16.3. The summed E-state index contributed by atoms with van der Waals surface area (Å²) in [6.45, 7) is 7.03. The fraction of sp³-hybridized carbons (Fsp3) is 0.636. The van der Waals surface area contributed by atoms with Gasteiger partial charge in [0.05, 0.1) is 11.6 Å². The smallest absolute Gasteiger partial charge is 0.226 e. The maximum Gasteiger partial charge on any atom is 0.226 e. The van der Waals surface area contributed by atoms with Crippen molar-refractivity contribution in [3.8, 4) is 6.07 Å². The second-order valence-corrected chi connectivity index (χ2v) is 8.38. The minimum Gasteiger partial charge on any atom is -0.371 e. The Labute approximate surface area is 162 Å². The van der Waals surface area contributed by atoms with E-state index in [2.05, 4.69) is 27.7 Å². The van der Waals surface area contributed by atoms with Gasteiger partial charge in [-0.25, -0.2) is 0 Å². The number of nitriles is 1. The lowest BCUT2D eigenvalue weighted by Crippen LogP contribution is -2.59. The van der Waals surface area contributed by atoms with Crippen molar-refractivity contribution in [2.24, 2.45) is 5.92 Å². The average Bonchev–Trinajstić information content (AvgIpc) is 2.66. The maximum atomic E-state index is 13.1. The third-order valence-electron chi connectivity index (χ3n) is 6.74. The van der Waals surface area contributed by atoms with Gasteiger partial charge < -0.3 is 9.80 Å². The molecule has 27 heavy (non-hydrogen) atoms. The minimum absolute atomic E-state index is 0.164. The summed E-state index contributed by atoms with van der Waals surface area (Å²) in [5, 5.41) is 8.94. The molecule has 0 unspecified atom stereocenters. The molecule has 2 aliphatic heterocycles. The highest BCUT2D eigenvalue weighted by Gasteiger charge is 2.36.